The van der Waals surface area contributed by atoms with Gasteiger partial charge in [-0.3, -0.25) is 0 Å². The Morgan fingerprint density at radius 2 is 2.11 bits per heavy atom. The van der Waals surface area contributed by atoms with Gasteiger partial charge in [0.1, 0.15) is 17.6 Å². The molecule has 6 heteroatoms. The van der Waals surface area contributed by atoms with Crippen LogP contribution in [0.15, 0.2) is 23.1 Å². The van der Waals surface area contributed by atoms with Gasteiger partial charge in [-0.05, 0) is 18.4 Å². The first-order valence-corrected chi connectivity index (χ1v) is 6.12. The molecular formula is C13H15N5O. The Morgan fingerprint density at radius 1 is 1.32 bits per heavy atom. The van der Waals surface area contributed by atoms with Crippen LogP contribution in [0, 0.1) is 6.92 Å². The molecule has 0 amide bonds. The van der Waals surface area contributed by atoms with E-state index in [4.69, 9.17) is 10.2 Å². The number of hydrogen-bond donors (Lipinski definition) is 1. The van der Waals surface area contributed by atoms with E-state index >= 15 is 0 Å². The Labute approximate surface area is 110 Å². The zero-order valence-corrected chi connectivity index (χ0v) is 11.1. The molecule has 0 unspecified atom stereocenters. The van der Waals surface area contributed by atoms with Crippen molar-refractivity contribution in [3.8, 4) is 11.5 Å². The van der Waals surface area contributed by atoms with Crippen LogP contribution in [0.2, 0.25) is 0 Å². The van der Waals surface area contributed by atoms with E-state index in [-0.39, 0.29) is 5.92 Å². The Kier molecular flexibility index (Phi) is 2.51. The van der Waals surface area contributed by atoms with Crippen molar-refractivity contribution in [1.82, 2.24) is 19.6 Å². The van der Waals surface area contributed by atoms with Crippen LogP contribution >= 0.6 is 0 Å². The van der Waals surface area contributed by atoms with Crippen molar-refractivity contribution in [2.24, 2.45) is 0 Å². The van der Waals surface area contributed by atoms with E-state index in [9.17, 15) is 0 Å². The Hall–Kier alpha value is -2.37. The van der Waals surface area contributed by atoms with E-state index < -0.39 is 0 Å². The summed E-state index contributed by atoms with van der Waals surface area (Å²) in [6.45, 7) is 6.07. The largest absolute Gasteiger partial charge is 0.441 e. The van der Waals surface area contributed by atoms with Crippen LogP contribution in [0.5, 0.6) is 0 Å². The summed E-state index contributed by atoms with van der Waals surface area (Å²) >= 11 is 0. The number of nitrogens with zero attached hydrogens (tertiary/aromatic N) is 4. The van der Waals surface area contributed by atoms with Gasteiger partial charge in [-0.1, -0.05) is 13.8 Å². The first-order valence-electron chi connectivity index (χ1n) is 6.12. The molecular weight excluding hydrogens is 242 g/mol. The van der Waals surface area contributed by atoms with Gasteiger partial charge in [-0.2, -0.15) is 5.10 Å². The summed E-state index contributed by atoms with van der Waals surface area (Å²) < 4.78 is 7.35. The second-order valence-electron chi connectivity index (χ2n) is 4.83. The third-order valence-electron chi connectivity index (χ3n) is 3.07. The van der Waals surface area contributed by atoms with Crippen molar-refractivity contribution in [3.05, 3.63) is 30.0 Å². The molecule has 19 heavy (non-hydrogen) atoms. The fourth-order valence-corrected chi connectivity index (χ4v) is 2.29. The summed E-state index contributed by atoms with van der Waals surface area (Å²) in [5, 5.41) is 4.19. The van der Waals surface area contributed by atoms with Gasteiger partial charge in [0, 0.05) is 6.20 Å². The van der Waals surface area contributed by atoms with Gasteiger partial charge in [0.15, 0.2) is 5.82 Å². The summed E-state index contributed by atoms with van der Waals surface area (Å²) in [6.07, 6.45) is 5.03. The number of nitrogens with two attached hydrogens (primary N) is 1. The third-order valence-corrected chi connectivity index (χ3v) is 3.07. The summed E-state index contributed by atoms with van der Waals surface area (Å²) in [7, 11) is 0. The molecule has 0 radical (unpaired) electrons. The number of anilines is 1. The number of rotatable bonds is 2. The first-order chi connectivity index (χ1) is 9.08. The Bertz CT molecular complexity index is 741. The third kappa shape index (κ3) is 1.76. The standard InChI is InChI=1S/C13H15N5O/c1-7(2)10-9(13-15-4-8(3)19-13)5-18-11(10)12(14)16-6-17-18/h4-7H,1-3H3,(H2,14,16,17). The average molecular weight is 257 g/mol. The SMILES string of the molecule is Cc1cnc(-c2cn3ncnc(N)c3c2C(C)C)o1. The van der Waals surface area contributed by atoms with E-state index in [1.54, 1.807) is 10.7 Å². The van der Waals surface area contributed by atoms with Crippen LogP contribution in [0.25, 0.3) is 17.0 Å². The lowest BCUT2D eigenvalue weighted by molar-refractivity contribution is 0.541. The molecule has 0 spiro atoms. The second-order valence-corrected chi connectivity index (χ2v) is 4.83. The maximum absolute atomic E-state index is 5.97. The van der Waals surface area contributed by atoms with Crippen molar-refractivity contribution in [2.45, 2.75) is 26.7 Å². The van der Waals surface area contributed by atoms with E-state index in [1.807, 2.05) is 13.1 Å². The van der Waals surface area contributed by atoms with Crippen LogP contribution in [-0.2, 0) is 0 Å². The monoisotopic (exact) mass is 257 g/mol. The number of nitrogen functional groups attached to an aromatic ring is 1. The molecule has 0 atom stereocenters. The lowest BCUT2D eigenvalue weighted by atomic mass is 10.00. The molecule has 0 aromatic carbocycles. The first kappa shape index (κ1) is 11.7. The molecule has 0 aliphatic rings. The highest BCUT2D eigenvalue weighted by molar-refractivity contribution is 5.80. The van der Waals surface area contributed by atoms with Gasteiger partial charge in [0.05, 0.1) is 11.8 Å². The van der Waals surface area contributed by atoms with E-state index in [0.717, 1.165) is 22.4 Å². The summed E-state index contributed by atoms with van der Waals surface area (Å²) in [4.78, 5) is 8.34. The summed E-state index contributed by atoms with van der Waals surface area (Å²) in [6, 6.07) is 0. The number of aryl methyl sites for hydroxylation is 1. The maximum atomic E-state index is 5.97. The van der Waals surface area contributed by atoms with Crippen molar-refractivity contribution >= 4 is 11.3 Å². The molecule has 3 aromatic heterocycles. The highest BCUT2D eigenvalue weighted by atomic mass is 16.4. The topological polar surface area (TPSA) is 82.2 Å². The van der Waals surface area contributed by atoms with Gasteiger partial charge in [-0.25, -0.2) is 14.5 Å². The number of hydrogen-bond acceptors (Lipinski definition) is 5. The average Bonchev–Trinajstić information content (AvgIpc) is 2.92. The van der Waals surface area contributed by atoms with Crippen molar-refractivity contribution < 1.29 is 4.42 Å². The van der Waals surface area contributed by atoms with Gasteiger partial charge in [-0.15, -0.1) is 0 Å². The number of aromatic nitrogens is 4. The Balaban J connectivity index is 2.36. The predicted octanol–water partition coefficient (Wildman–Crippen LogP) is 2.40. The quantitative estimate of drug-likeness (QED) is 0.762. The molecule has 3 rings (SSSR count). The van der Waals surface area contributed by atoms with Crippen LogP contribution in [0.1, 0.15) is 31.1 Å². The fourth-order valence-electron chi connectivity index (χ4n) is 2.29. The van der Waals surface area contributed by atoms with Crippen molar-refractivity contribution in [2.75, 3.05) is 5.73 Å². The summed E-state index contributed by atoms with van der Waals surface area (Å²) in [5.74, 6) is 2.10. The molecule has 0 aliphatic heterocycles. The lowest BCUT2D eigenvalue weighted by Gasteiger charge is -2.06. The van der Waals surface area contributed by atoms with Crippen molar-refractivity contribution in [3.63, 3.8) is 0 Å². The minimum atomic E-state index is 0.264. The van der Waals surface area contributed by atoms with E-state index in [0.29, 0.717) is 11.7 Å². The number of oxazole rings is 1. The van der Waals surface area contributed by atoms with Gasteiger partial charge < -0.3 is 10.2 Å². The molecule has 0 saturated heterocycles. The lowest BCUT2D eigenvalue weighted by Crippen LogP contribution is -2.00. The molecule has 0 saturated carbocycles. The molecule has 98 valence electrons. The fraction of sp³-hybridized carbons (Fsp3) is 0.308. The van der Waals surface area contributed by atoms with Crippen LogP contribution in [0.4, 0.5) is 5.82 Å². The molecule has 3 heterocycles. The minimum Gasteiger partial charge on any atom is -0.441 e. The zero-order valence-electron chi connectivity index (χ0n) is 11.1. The smallest absolute Gasteiger partial charge is 0.228 e. The van der Waals surface area contributed by atoms with E-state index in [1.165, 1.54) is 6.33 Å². The normalized spacial score (nSPS) is 11.6. The van der Waals surface area contributed by atoms with Crippen LogP contribution < -0.4 is 5.73 Å². The van der Waals surface area contributed by atoms with Gasteiger partial charge in [0.2, 0.25) is 5.89 Å². The zero-order chi connectivity index (χ0) is 13.6. The van der Waals surface area contributed by atoms with Crippen molar-refractivity contribution in [1.29, 1.82) is 0 Å². The van der Waals surface area contributed by atoms with E-state index in [2.05, 4.69) is 28.9 Å². The van der Waals surface area contributed by atoms with Crippen LogP contribution in [-0.4, -0.2) is 19.6 Å². The molecule has 2 N–H and O–H groups in total. The number of fused-ring (bicyclic) bond motifs is 1. The summed E-state index contributed by atoms with van der Waals surface area (Å²) in [5.41, 5.74) is 8.76. The molecule has 0 fully saturated rings. The van der Waals surface area contributed by atoms with Crippen LogP contribution in [0.3, 0.4) is 0 Å². The highest BCUT2D eigenvalue weighted by Gasteiger charge is 2.21. The molecule has 0 aliphatic carbocycles. The maximum Gasteiger partial charge on any atom is 0.228 e. The molecule has 3 aromatic rings. The minimum absolute atomic E-state index is 0.264. The molecule has 6 nitrogen and oxygen atoms in total. The van der Waals surface area contributed by atoms with Gasteiger partial charge in [0.25, 0.3) is 0 Å². The Morgan fingerprint density at radius 3 is 2.74 bits per heavy atom. The molecule has 0 bridgehead atoms. The van der Waals surface area contributed by atoms with Gasteiger partial charge >= 0.3 is 0 Å². The second kappa shape index (κ2) is 4.08. The highest BCUT2D eigenvalue weighted by Crippen LogP contribution is 2.35. The predicted molar refractivity (Wildman–Crippen MR) is 71.7 cm³/mol.